The summed E-state index contributed by atoms with van der Waals surface area (Å²) in [5.74, 6) is -0.782. The van der Waals surface area contributed by atoms with Gasteiger partial charge in [0, 0.05) is 37.6 Å². The largest absolute Gasteiger partial charge is 0.573 e. The predicted molar refractivity (Wildman–Crippen MR) is 163 cm³/mol. The SMILES string of the molecule is O=C(CN1CCOCC1)N1CC(N2c3ccccc3CCc3ccccc32)[C@@H](O)[C@H](NS(=O)(=O)c2ccc(OC(F)(F)F)cc2)C1. The van der Waals surface area contributed by atoms with Gasteiger partial charge in [0.05, 0.1) is 42.8 Å². The zero-order valence-electron chi connectivity index (χ0n) is 24.9. The van der Waals surface area contributed by atoms with E-state index in [4.69, 9.17) is 4.74 Å². The minimum atomic E-state index is -4.93. The molecule has 46 heavy (non-hydrogen) atoms. The number of nitrogens with zero attached hydrogens (tertiary/aromatic N) is 3. The molecule has 3 atom stereocenters. The van der Waals surface area contributed by atoms with Crippen LogP contribution in [0.1, 0.15) is 11.1 Å². The highest BCUT2D eigenvalue weighted by Gasteiger charge is 2.44. The molecule has 1 unspecified atom stereocenters. The van der Waals surface area contributed by atoms with Gasteiger partial charge in [0.15, 0.2) is 0 Å². The molecule has 2 N–H and O–H groups in total. The third-order valence-electron chi connectivity index (χ3n) is 8.62. The van der Waals surface area contributed by atoms with Crippen molar-refractivity contribution >= 4 is 27.3 Å². The van der Waals surface area contributed by atoms with E-state index in [1.165, 1.54) is 0 Å². The van der Waals surface area contributed by atoms with Crippen LogP contribution in [0.4, 0.5) is 24.5 Å². The van der Waals surface area contributed by atoms with Crippen LogP contribution in [0.3, 0.4) is 0 Å². The highest BCUT2D eigenvalue weighted by atomic mass is 32.2. The lowest BCUT2D eigenvalue weighted by molar-refractivity contribution is -0.274. The van der Waals surface area contributed by atoms with Crippen molar-refractivity contribution in [1.29, 1.82) is 0 Å². The number of carbonyl (C=O) groups excluding carboxylic acids is 1. The maximum atomic E-state index is 13.8. The molecule has 0 bridgehead atoms. The van der Waals surface area contributed by atoms with Crippen LogP contribution in [0, 0.1) is 0 Å². The third-order valence-corrected chi connectivity index (χ3v) is 10.1. The van der Waals surface area contributed by atoms with Gasteiger partial charge >= 0.3 is 6.36 Å². The van der Waals surface area contributed by atoms with E-state index >= 15 is 0 Å². The molecule has 0 radical (unpaired) electrons. The Morgan fingerprint density at radius 3 is 2.09 bits per heavy atom. The molecule has 0 spiro atoms. The molecule has 3 aliphatic heterocycles. The number of aliphatic hydroxyl groups excluding tert-OH is 1. The molecular weight excluding hydrogens is 625 g/mol. The van der Waals surface area contributed by atoms with Gasteiger partial charge in [0.2, 0.25) is 15.9 Å². The first kappa shape index (κ1) is 32.3. The fourth-order valence-electron chi connectivity index (χ4n) is 6.38. The Hall–Kier alpha value is -3.69. The maximum Gasteiger partial charge on any atom is 0.573 e. The number of likely N-dealkylation sites (tertiary alicyclic amines) is 1. The van der Waals surface area contributed by atoms with Gasteiger partial charge in [-0.2, -0.15) is 0 Å². The zero-order chi connectivity index (χ0) is 32.5. The molecule has 6 rings (SSSR count). The van der Waals surface area contributed by atoms with Gasteiger partial charge in [-0.15, -0.1) is 13.2 Å². The van der Waals surface area contributed by atoms with Crippen LogP contribution in [0.5, 0.6) is 5.75 Å². The number of para-hydroxylation sites is 2. The van der Waals surface area contributed by atoms with Crippen molar-refractivity contribution in [2.45, 2.75) is 42.3 Å². The number of rotatable bonds is 7. The minimum Gasteiger partial charge on any atom is -0.406 e. The van der Waals surface area contributed by atoms with Crippen molar-refractivity contribution in [3.63, 3.8) is 0 Å². The molecule has 2 fully saturated rings. The number of hydrogen-bond acceptors (Lipinski definition) is 8. The number of aliphatic hydroxyl groups is 1. The predicted octanol–water partition coefficient (Wildman–Crippen LogP) is 3.07. The Labute approximate surface area is 265 Å². The second kappa shape index (κ2) is 13.2. The topological polar surface area (TPSA) is 112 Å². The van der Waals surface area contributed by atoms with E-state index in [-0.39, 0.29) is 30.4 Å². The number of carbonyl (C=O) groups is 1. The number of sulfonamides is 1. The quantitative estimate of drug-likeness (QED) is 0.398. The highest BCUT2D eigenvalue weighted by molar-refractivity contribution is 7.89. The average Bonchev–Trinajstić information content (AvgIpc) is 3.19. The average molecular weight is 661 g/mol. The number of benzene rings is 3. The molecule has 3 aliphatic rings. The van der Waals surface area contributed by atoms with E-state index in [1.54, 1.807) is 4.90 Å². The summed E-state index contributed by atoms with van der Waals surface area (Å²) in [5.41, 5.74) is 3.84. The van der Waals surface area contributed by atoms with Gasteiger partial charge < -0.3 is 24.4 Å². The fraction of sp³-hybridized carbons (Fsp3) is 0.406. The first-order valence-electron chi connectivity index (χ1n) is 15.1. The number of aryl methyl sites for hydroxylation is 2. The molecule has 2 saturated heterocycles. The Morgan fingerprint density at radius 2 is 1.50 bits per heavy atom. The van der Waals surface area contributed by atoms with E-state index < -0.39 is 40.3 Å². The van der Waals surface area contributed by atoms with Gasteiger partial charge in [0.1, 0.15) is 5.75 Å². The van der Waals surface area contributed by atoms with Crippen LogP contribution in [-0.4, -0.2) is 99.7 Å². The first-order chi connectivity index (χ1) is 22.0. The number of nitrogens with one attached hydrogen (secondary N) is 1. The molecule has 246 valence electrons. The summed E-state index contributed by atoms with van der Waals surface area (Å²) < 4.78 is 76.9. The van der Waals surface area contributed by atoms with Crippen molar-refractivity contribution in [1.82, 2.24) is 14.5 Å². The third kappa shape index (κ3) is 7.15. The fourth-order valence-corrected chi connectivity index (χ4v) is 7.62. The Bertz CT molecular complexity index is 1600. The summed E-state index contributed by atoms with van der Waals surface area (Å²) in [7, 11) is -4.34. The molecule has 0 aliphatic carbocycles. The van der Waals surface area contributed by atoms with E-state index in [1.807, 2.05) is 58.3 Å². The minimum absolute atomic E-state index is 0.105. The van der Waals surface area contributed by atoms with E-state index in [0.717, 1.165) is 59.6 Å². The Balaban J connectivity index is 1.34. The molecule has 1 amide bonds. The second-order valence-corrected chi connectivity index (χ2v) is 13.3. The van der Waals surface area contributed by atoms with Gasteiger partial charge in [-0.25, -0.2) is 13.1 Å². The molecule has 3 aromatic carbocycles. The molecule has 10 nitrogen and oxygen atoms in total. The van der Waals surface area contributed by atoms with Crippen LogP contribution < -0.4 is 14.4 Å². The van der Waals surface area contributed by atoms with E-state index in [0.29, 0.717) is 26.3 Å². The molecule has 0 saturated carbocycles. The number of anilines is 2. The lowest BCUT2D eigenvalue weighted by atomic mass is 9.94. The van der Waals surface area contributed by atoms with Crippen molar-refractivity contribution in [3.05, 3.63) is 83.9 Å². The number of alkyl halides is 3. The number of piperidine rings is 1. The Morgan fingerprint density at radius 1 is 0.913 bits per heavy atom. The van der Waals surface area contributed by atoms with E-state index in [9.17, 15) is 31.5 Å². The number of halogens is 3. The van der Waals surface area contributed by atoms with E-state index in [2.05, 4.69) is 9.46 Å². The lowest BCUT2D eigenvalue weighted by Gasteiger charge is -2.47. The molecule has 14 heteroatoms. The normalized spacial score (nSPS) is 22.5. The number of fused-ring (bicyclic) bond motifs is 2. The maximum absolute atomic E-state index is 13.8. The van der Waals surface area contributed by atoms with Crippen LogP contribution in [0.25, 0.3) is 0 Å². The smallest absolute Gasteiger partial charge is 0.406 e. The van der Waals surface area contributed by atoms with Crippen molar-refractivity contribution in [2.75, 3.05) is 50.8 Å². The summed E-state index contributed by atoms with van der Waals surface area (Å²) in [6.07, 6.45) is -4.68. The van der Waals surface area contributed by atoms with Gasteiger partial charge in [-0.1, -0.05) is 36.4 Å². The van der Waals surface area contributed by atoms with Gasteiger partial charge in [-0.3, -0.25) is 9.69 Å². The number of ether oxygens (including phenoxy) is 2. The zero-order valence-corrected chi connectivity index (χ0v) is 25.7. The van der Waals surface area contributed by atoms with Crippen LogP contribution in [0.15, 0.2) is 77.7 Å². The molecular formula is C32H35F3N4O6S. The number of hydrogen-bond donors (Lipinski definition) is 2. The molecule has 3 heterocycles. The molecule has 0 aromatic heterocycles. The molecule has 3 aromatic rings. The summed E-state index contributed by atoms with van der Waals surface area (Å²) in [6, 6.07) is 17.6. The Kier molecular flexibility index (Phi) is 9.26. The van der Waals surface area contributed by atoms with Gasteiger partial charge in [-0.05, 0) is 60.4 Å². The van der Waals surface area contributed by atoms with Crippen LogP contribution in [0.2, 0.25) is 0 Å². The number of morpholine rings is 1. The summed E-state index contributed by atoms with van der Waals surface area (Å²) in [6.45, 7) is 2.32. The standard InChI is InChI=1S/C32H35F3N4O6S/c33-32(34,35)45-24-11-13-25(14-12-24)46(42,43)36-26-19-38(30(40)21-37-15-17-44-18-16-37)20-29(31(26)41)39-27-7-3-1-5-22(27)9-10-23-6-2-4-8-28(23)39/h1-8,11-14,26,29,31,36,41H,9-10,15-21H2/t26-,29?,31+/m1/s1. The second-order valence-electron chi connectivity index (χ2n) is 11.6. The van der Waals surface area contributed by atoms with Crippen molar-refractivity contribution < 1.29 is 41.0 Å². The van der Waals surface area contributed by atoms with Crippen molar-refractivity contribution in [3.8, 4) is 5.75 Å². The van der Waals surface area contributed by atoms with Crippen LogP contribution in [-0.2, 0) is 32.4 Å². The van der Waals surface area contributed by atoms with Crippen molar-refractivity contribution in [2.24, 2.45) is 0 Å². The first-order valence-corrected chi connectivity index (χ1v) is 16.6. The number of amides is 1. The van der Waals surface area contributed by atoms with Crippen LogP contribution >= 0.6 is 0 Å². The summed E-state index contributed by atoms with van der Waals surface area (Å²) in [5, 5.41) is 11.9. The van der Waals surface area contributed by atoms with Gasteiger partial charge in [0.25, 0.3) is 0 Å². The summed E-state index contributed by atoms with van der Waals surface area (Å²) >= 11 is 0. The highest BCUT2D eigenvalue weighted by Crippen LogP contribution is 2.39. The summed E-state index contributed by atoms with van der Waals surface area (Å²) in [4.78, 5) is 19.0. The lowest BCUT2D eigenvalue weighted by Crippen LogP contribution is -2.66. The monoisotopic (exact) mass is 660 g/mol.